The Bertz CT molecular complexity index is 1180. The van der Waals surface area contributed by atoms with Crippen molar-refractivity contribution in [1.29, 1.82) is 0 Å². The molecule has 0 aliphatic heterocycles. The number of aryl methyl sites for hydroxylation is 2. The third kappa shape index (κ3) is 4.13. The minimum absolute atomic E-state index is 0.0172. The van der Waals surface area contributed by atoms with E-state index in [-0.39, 0.29) is 5.56 Å². The van der Waals surface area contributed by atoms with Crippen LogP contribution in [0.3, 0.4) is 0 Å². The summed E-state index contributed by atoms with van der Waals surface area (Å²) in [6.07, 6.45) is 1.66. The summed E-state index contributed by atoms with van der Waals surface area (Å²) in [4.78, 5) is 21.9. The van der Waals surface area contributed by atoms with Gasteiger partial charge in [0.15, 0.2) is 0 Å². The molecule has 2 aliphatic carbocycles. The Labute approximate surface area is 183 Å². The molecule has 1 fully saturated rings. The van der Waals surface area contributed by atoms with E-state index in [1.165, 1.54) is 6.07 Å². The number of oxazole rings is 1. The molecule has 1 amide bonds. The first kappa shape index (κ1) is 20.7. The van der Waals surface area contributed by atoms with Crippen molar-refractivity contribution in [1.82, 2.24) is 15.3 Å². The van der Waals surface area contributed by atoms with Gasteiger partial charge in [-0.1, -0.05) is 0 Å². The minimum atomic E-state index is -4.51. The van der Waals surface area contributed by atoms with Crippen LogP contribution in [0.4, 0.5) is 13.2 Å². The van der Waals surface area contributed by atoms with Gasteiger partial charge in [0.2, 0.25) is 5.89 Å². The Balaban J connectivity index is 1.40. The third-order valence-corrected chi connectivity index (χ3v) is 5.95. The van der Waals surface area contributed by atoms with Gasteiger partial charge in [0, 0.05) is 35.4 Å². The van der Waals surface area contributed by atoms with Crippen LogP contribution in [0.25, 0.3) is 11.5 Å². The Kier molecular flexibility index (Phi) is 5.03. The zero-order chi connectivity index (χ0) is 22.5. The van der Waals surface area contributed by atoms with Gasteiger partial charge in [-0.3, -0.25) is 9.78 Å². The van der Waals surface area contributed by atoms with Crippen molar-refractivity contribution < 1.29 is 22.4 Å². The number of pyridine rings is 1. The molecule has 1 atom stereocenters. The van der Waals surface area contributed by atoms with E-state index in [4.69, 9.17) is 4.42 Å². The van der Waals surface area contributed by atoms with Crippen molar-refractivity contribution in [3.8, 4) is 11.5 Å². The van der Waals surface area contributed by atoms with E-state index < -0.39 is 23.7 Å². The molecule has 2 aromatic heterocycles. The minimum Gasteiger partial charge on any atom is -0.441 e. The maximum Gasteiger partial charge on any atom is 0.416 e. The number of amides is 1. The quantitative estimate of drug-likeness (QED) is 0.560. The molecular weight excluding hydrogens is 419 g/mol. The first-order valence-corrected chi connectivity index (χ1v) is 10.7. The van der Waals surface area contributed by atoms with E-state index >= 15 is 0 Å². The molecule has 2 heterocycles. The summed E-state index contributed by atoms with van der Waals surface area (Å²) in [5.41, 5.74) is 2.05. The van der Waals surface area contributed by atoms with E-state index in [1.807, 2.05) is 12.1 Å². The molecule has 0 radical (unpaired) electrons. The summed E-state index contributed by atoms with van der Waals surface area (Å²) in [7, 11) is 0. The Hall–Kier alpha value is -3.16. The summed E-state index contributed by atoms with van der Waals surface area (Å²) >= 11 is 0. The number of carbonyl (C=O) groups excluding carboxylic acids is 1. The van der Waals surface area contributed by atoms with Crippen molar-refractivity contribution in [2.24, 2.45) is 0 Å². The first-order chi connectivity index (χ1) is 15.3. The zero-order valence-corrected chi connectivity index (χ0v) is 17.5. The van der Waals surface area contributed by atoms with Gasteiger partial charge >= 0.3 is 6.18 Å². The molecular formula is C24H22F3N3O2. The number of halogens is 3. The lowest BCUT2D eigenvalue weighted by atomic mass is 9.96. The van der Waals surface area contributed by atoms with Crippen molar-refractivity contribution in [3.63, 3.8) is 0 Å². The second kappa shape index (κ2) is 7.76. The predicted molar refractivity (Wildman–Crippen MR) is 111 cm³/mol. The lowest BCUT2D eigenvalue weighted by molar-refractivity contribution is -0.137. The van der Waals surface area contributed by atoms with Gasteiger partial charge in [-0.2, -0.15) is 13.2 Å². The smallest absolute Gasteiger partial charge is 0.416 e. The lowest BCUT2D eigenvalue weighted by Crippen LogP contribution is -2.31. The molecule has 1 N–H and O–H groups in total. The Morgan fingerprint density at radius 1 is 1.16 bits per heavy atom. The van der Waals surface area contributed by atoms with Crippen LogP contribution < -0.4 is 5.32 Å². The molecule has 3 aromatic rings. The first-order valence-electron chi connectivity index (χ1n) is 10.7. The van der Waals surface area contributed by atoms with E-state index in [0.29, 0.717) is 41.7 Å². The highest BCUT2D eigenvalue weighted by atomic mass is 19.4. The predicted octanol–water partition coefficient (Wildman–Crippen LogP) is 5.75. The SMILES string of the molecule is Cc1cc(C(=O)N[C@H]2CCCc3oc(-c4ccnc(C5CC5)c4)nc32)cc(C(F)(F)F)c1. The molecule has 1 saturated carbocycles. The summed E-state index contributed by atoms with van der Waals surface area (Å²) < 4.78 is 45.5. The molecule has 5 nitrogen and oxygen atoms in total. The fraction of sp³-hybridized carbons (Fsp3) is 0.375. The standard InChI is InChI=1S/C24H22F3N3O2/c1-13-9-16(11-17(10-13)24(25,26)27)22(31)29-18-3-2-4-20-21(18)30-23(32-20)15-7-8-28-19(12-15)14-5-6-14/h7-12,14,18H,2-6H2,1H3,(H,29,31)/t18-/m0/s1. The molecule has 5 rings (SSSR count). The van der Waals surface area contributed by atoms with Crippen LogP contribution >= 0.6 is 0 Å². The van der Waals surface area contributed by atoms with Crippen molar-refractivity contribution >= 4 is 5.91 Å². The van der Waals surface area contributed by atoms with Gasteiger partial charge in [-0.25, -0.2) is 4.98 Å². The average molecular weight is 441 g/mol. The van der Waals surface area contributed by atoms with Crippen LogP contribution in [0.1, 0.15) is 76.3 Å². The van der Waals surface area contributed by atoms with Crippen LogP contribution in [0.5, 0.6) is 0 Å². The van der Waals surface area contributed by atoms with Gasteiger partial charge in [-0.05, 0) is 68.5 Å². The van der Waals surface area contributed by atoms with Gasteiger partial charge in [0.1, 0.15) is 11.5 Å². The fourth-order valence-corrected chi connectivity index (χ4v) is 4.19. The number of alkyl halides is 3. The van der Waals surface area contributed by atoms with Crippen molar-refractivity contribution in [2.75, 3.05) is 0 Å². The number of hydrogen-bond donors (Lipinski definition) is 1. The Morgan fingerprint density at radius 3 is 2.72 bits per heavy atom. The number of benzene rings is 1. The molecule has 0 unspecified atom stereocenters. The summed E-state index contributed by atoms with van der Waals surface area (Å²) in [6.45, 7) is 1.54. The second-order valence-corrected chi connectivity index (χ2v) is 8.57. The average Bonchev–Trinajstić information content (AvgIpc) is 3.51. The highest BCUT2D eigenvalue weighted by molar-refractivity contribution is 5.95. The molecule has 0 bridgehead atoms. The molecule has 0 spiro atoms. The highest BCUT2D eigenvalue weighted by Gasteiger charge is 2.33. The molecule has 166 valence electrons. The van der Waals surface area contributed by atoms with Crippen LogP contribution in [-0.2, 0) is 12.6 Å². The van der Waals surface area contributed by atoms with Crippen molar-refractivity contribution in [3.05, 3.63) is 70.4 Å². The number of hydrogen-bond acceptors (Lipinski definition) is 4. The number of nitrogens with zero attached hydrogens (tertiary/aromatic N) is 2. The van der Waals surface area contributed by atoms with Crippen LogP contribution in [-0.4, -0.2) is 15.9 Å². The van der Waals surface area contributed by atoms with Gasteiger partial charge in [-0.15, -0.1) is 0 Å². The van der Waals surface area contributed by atoms with Crippen LogP contribution in [0.15, 0.2) is 40.9 Å². The molecule has 8 heteroatoms. The summed E-state index contributed by atoms with van der Waals surface area (Å²) in [5.74, 6) is 1.14. The maximum absolute atomic E-state index is 13.2. The number of nitrogens with one attached hydrogen (secondary N) is 1. The topological polar surface area (TPSA) is 68.0 Å². The van der Waals surface area contributed by atoms with Gasteiger partial charge < -0.3 is 9.73 Å². The van der Waals surface area contributed by atoms with E-state index in [1.54, 1.807) is 13.1 Å². The van der Waals surface area contributed by atoms with Crippen LogP contribution in [0, 0.1) is 6.92 Å². The second-order valence-electron chi connectivity index (χ2n) is 8.57. The fourth-order valence-electron chi connectivity index (χ4n) is 4.19. The number of rotatable bonds is 4. The van der Waals surface area contributed by atoms with Gasteiger partial charge in [0.25, 0.3) is 5.91 Å². The maximum atomic E-state index is 13.2. The Morgan fingerprint density at radius 2 is 1.97 bits per heavy atom. The van der Waals surface area contributed by atoms with E-state index in [9.17, 15) is 18.0 Å². The zero-order valence-electron chi connectivity index (χ0n) is 17.5. The van der Waals surface area contributed by atoms with Crippen molar-refractivity contribution in [2.45, 2.75) is 57.2 Å². The van der Waals surface area contributed by atoms with E-state index in [2.05, 4.69) is 15.3 Å². The third-order valence-electron chi connectivity index (χ3n) is 5.95. The molecule has 1 aromatic carbocycles. The molecule has 2 aliphatic rings. The van der Waals surface area contributed by atoms with Crippen LogP contribution in [0.2, 0.25) is 0 Å². The summed E-state index contributed by atoms with van der Waals surface area (Å²) in [5, 5.41) is 2.86. The normalized spacial score (nSPS) is 18.3. The summed E-state index contributed by atoms with van der Waals surface area (Å²) in [6, 6.07) is 6.80. The number of fused-ring (bicyclic) bond motifs is 1. The molecule has 0 saturated heterocycles. The molecule has 32 heavy (non-hydrogen) atoms. The number of carbonyl (C=O) groups is 1. The van der Waals surface area contributed by atoms with E-state index in [0.717, 1.165) is 42.7 Å². The lowest BCUT2D eigenvalue weighted by Gasteiger charge is -2.21. The monoisotopic (exact) mass is 441 g/mol. The van der Waals surface area contributed by atoms with Gasteiger partial charge in [0.05, 0.1) is 11.6 Å². The number of aromatic nitrogens is 2. The largest absolute Gasteiger partial charge is 0.441 e. The highest BCUT2D eigenvalue weighted by Crippen LogP contribution is 2.40.